The zero-order chi connectivity index (χ0) is 26.3. The third-order valence-corrected chi connectivity index (χ3v) is 6.24. The molecule has 186 valence electrons. The Hall–Kier alpha value is -4.56. The number of para-hydroxylation sites is 1. The highest BCUT2D eigenvalue weighted by atomic mass is 35.5. The van der Waals surface area contributed by atoms with E-state index in [1.807, 2.05) is 0 Å². The fraction of sp³-hybridized carbons (Fsp3) is 0.107. The molecule has 0 saturated heterocycles. The van der Waals surface area contributed by atoms with E-state index in [0.29, 0.717) is 38.6 Å². The van der Waals surface area contributed by atoms with Crippen molar-refractivity contribution in [1.29, 1.82) is 0 Å². The number of aryl methyl sites for hydroxylation is 1. The molecule has 5 rings (SSSR count). The number of benzene rings is 3. The van der Waals surface area contributed by atoms with Crippen molar-refractivity contribution in [2.24, 2.45) is 0 Å². The fourth-order valence-electron chi connectivity index (χ4n) is 3.91. The Balaban J connectivity index is 1.71. The van der Waals surface area contributed by atoms with Crippen molar-refractivity contribution >= 4 is 39.5 Å². The summed E-state index contributed by atoms with van der Waals surface area (Å²) in [6.45, 7) is 1.77. The van der Waals surface area contributed by atoms with Crippen LogP contribution in [-0.4, -0.2) is 20.2 Å². The molecule has 0 amide bonds. The first kappa shape index (κ1) is 24.1. The summed E-state index contributed by atoms with van der Waals surface area (Å²) in [6, 6.07) is 15.9. The molecule has 9 heteroatoms. The SMILES string of the molecule is COc1ccc(-c2oc3cc(C)c(Cl)cc3c(=O)c2OC(=O)c2cc3ccccc3oc2=O)cc1OC. The molecule has 0 aliphatic carbocycles. The maximum atomic E-state index is 13.6. The number of ether oxygens (including phenoxy) is 3. The van der Waals surface area contributed by atoms with E-state index in [0.717, 1.165) is 0 Å². The summed E-state index contributed by atoms with van der Waals surface area (Å²) in [4.78, 5) is 39.3. The largest absolute Gasteiger partial charge is 0.493 e. The monoisotopic (exact) mass is 518 g/mol. The van der Waals surface area contributed by atoms with Gasteiger partial charge in [-0.15, -0.1) is 0 Å². The molecule has 37 heavy (non-hydrogen) atoms. The van der Waals surface area contributed by atoms with Crippen LogP contribution < -0.4 is 25.3 Å². The van der Waals surface area contributed by atoms with Crippen LogP contribution in [0.15, 0.2) is 79.1 Å². The number of halogens is 1. The van der Waals surface area contributed by atoms with Gasteiger partial charge in [-0.05, 0) is 55.0 Å². The molecule has 0 N–H and O–H groups in total. The Kier molecular flexibility index (Phi) is 6.19. The molecule has 0 bridgehead atoms. The van der Waals surface area contributed by atoms with Gasteiger partial charge >= 0.3 is 11.6 Å². The summed E-state index contributed by atoms with van der Waals surface area (Å²) in [5.74, 6) is -0.728. The van der Waals surface area contributed by atoms with Crippen molar-refractivity contribution in [2.75, 3.05) is 14.2 Å². The zero-order valence-electron chi connectivity index (χ0n) is 19.9. The number of carbonyl (C=O) groups is 1. The Morgan fingerprint density at radius 1 is 0.865 bits per heavy atom. The maximum absolute atomic E-state index is 13.6. The minimum Gasteiger partial charge on any atom is -0.493 e. The predicted molar refractivity (Wildman–Crippen MR) is 138 cm³/mol. The topological polar surface area (TPSA) is 105 Å². The van der Waals surface area contributed by atoms with Crippen LogP contribution in [0.3, 0.4) is 0 Å². The van der Waals surface area contributed by atoms with Gasteiger partial charge in [0, 0.05) is 16.0 Å². The summed E-state index contributed by atoms with van der Waals surface area (Å²) in [7, 11) is 2.95. The highest BCUT2D eigenvalue weighted by Gasteiger charge is 2.25. The van der Waals surface area contributed by atoms with Crippen LogP contribution in [0.4, 0.5) is 0 Å². The van der Waals surface area contributed by atoms with Gasteiger partial charge in [-0.25, -0.2) is 9.59 Å². The second-order valence-electron chi connectivity index (χ2n) is 8.13. The normalized spacial score (nSPS) is 11.0. The van der Waals surface area contributed by atoms with Crippen LogP contribution in [0.2, 0.25) is 5.02 Å². The van der Waals surface area contributed by atoms with E-state index in [9.17, 15) is 14.4 Å². The fourth-order valence-corrected chi connectivity index (χ4v) is 4.07. The Morgan fingerprint density at radius 3 is 2.38 bits per heavy atom. The average molecular weight is 519 g/mol. The molecule has 5 aromatic rings. The van der Waals surface area contributed by atoms with Gasteiger partial charge in [-0.3, -0.25) is 4.79 Å². The lowest BCUT2D eigenvalue weighted by molar-refractivity contribution is 0.0727. The first-order chi connectivity index (χ1) is 17.8. The van der Waals surface area contributed by atoms with E-state index in [4.69, 9.17) is 34.6 Å². The van der Waals surface area contributed by atoms with Crippen molar-refractivity contribution < 1.29 is 27.8 Å². The van der Waals surface area contributed by atoms with Gasteiger partial charge in [-0.2, -0.15) is 0 Å². The third kappa shape index (κ3) is 4.32. The molecule has 0 aliphatic heterocycles. The van der Waals surface area contributed by atoms with Crippen LogP contribution in [0.1, 0.15) is 15.9 Å². The number of rotatable bonds is 5. The van der Waals surface area contributed by atoms with Gasteiger partial charge in [-0.1, -0.05) is 29.8 Å². The summed E-state index contributed by atoms with van der Waals surface area (Å²) in [5.41, 5.74) is -0.316. The first-order valence-corrected chi connectivity index (χ1v) is 11.4. The smallest absolute Gasteiger partial charge is 0.351 e. The minimum atomic E-state index is -1.08. The number of methoxy groups -OCH3 is 2. The van der Waals surface area contributed by atoms with E-state index >= 15 is 0 Å². The molecule has 3 aromatic carbocycles. The Morgan fingerprint density at radius 2 is 1.62 bits per heavy atom. The van der Waals surface area contributed by atoms with Crippen LogP contribution in [0.25, 0.3) is 33.3 Å². The van der Waals surface area contributed by atoms with Crippen molar-refractivity contribution in [3.63, 3.8) is 0 Å². The van der Waals surface area contributed by atoms with Crippen molar-refractivity contribution in [2.45, 2.75) is 6.92 Å². The van der Waals surface area contributed by atoms with Crippen LogP contribution in [-0.2, 0) is 0 Å². The molecule has 0 aliphatic rings. The van der Waals surface area contributed by atoms with Crippen LogP contribution in [0.5, 0.6) is 17.2 Å². The molecule has 2 heterocycles. The van der Waals surface area contributed by atoms with Crippen LogP contribution in [0, 0.1) is 6.92 Å². The second kappa shape index (κ2) is 9.48. The third-order valence-electron chi connectivity index (χ3n) is 5.83. The van der Waals surface area contributed by atoms with E-state index in [1.54, 1.807) is 55.5 Å². The van der Waals surface area contributed by atoms with Gasteiger partial charge in [0.25, 0.3) is 0 Å². The number of carbonyl (C=O) groups excluding carboxylic acids is 1. The van der Waals surface area contributed by atoms with Gasteiger partial charge in [0.15, 0.2) is 17.3 Å². The maximum Gasteiger partial charge on any atom is 0.351 e. The Bertz CT molecular complexity index is 1820. The number of hydrogen-bond acceptors (Lipinski definition) is 8. The highest BCUT2D eigenvalue weighted by Crippen LogP contribution is 2.37. The molecule has 0 fully saturated rings. The summed E-state index contributed by atoms with van der Waals surface area (Å²) in [6.07, 6.45) is 0. The minimum absolute atomic E-state index is 0.0429. The summed E-state index contributed by atoms with van der Waals surface area (Å²) < 4.78 is 27.5. The van der Waals surface area contributed by atoms with Gasteiger partial charge in [0.2, 0.25) is 11.2 Å². The molecule has 0 atom stereocenters. The van der Waals surface area contributed by atoms with Crippen molar-refractivity contribution in [3.8, 4) is 28.6 Å². The molecule has 0 saturated carbocycles. The molecule has 0 unspecified atom stereocenters. The van der Waals surface area contributed by atoms with Gasteiger partial charge in [0.1, 0.15) is 16.7 Å². The lowest BCUT2D eigenvalue weighted by atomic mass is 10.1. The van der Waals surface area contributed by atoms with Crippen molar-refractivity contribution in [3.05, 3.63) is 97.5 Å². The number of esters is 1. The van der Waals surface area contributed by atoms with Crippen LogP contribution >= 0.6 is 11.6 Å². The van der Waals surface area contributed by atoms with Crippen molar-refractivity contribution in [1.82, 2.24) is 0 Å². The van der Waals surface area contributed by atoms with E-state index in [2.05, 4.69) is 0 Å². The number of fused-ring (bicyclic) bond motifs is 2. The molecule has 0 spiro atoms. The van der Waals surface area contributed by atoms with Gasteiger partial charge in [0.05, 0.1) is 19.6 Å². The molecular weight excluding hydrogens is 500 g/mol. The van der Waals surface area contributed by atoms with E-state index < -0.39 is 22.8 Å². The molecular formula is C28H19ClO8. The van der Waals surface area contributed by atoms with E-state index in [-0.39, 0.29) is 22.3 Å². The predicted octanol–water partition coefficient (Wildman–Crippen LogP) is 5.76. The lowest BCUT2D eigenvalue weighted by Crippen LogP contribution is -2.22. The average Bonchev–Trinajstić information content (AvgIpc) is 2.90. The highest BCUT2D eigenvalue weighted by molar-refractivity contribution is 6.32. The second-order valence-corrected chi connectivity index (χ2v) is 8.54. The van der Waals surface area contributed by atoms with E-state index in [1.165, 1.54) is 26.4 Å². The molecule has 0 radical (unpaired) electrons. The number of hydrogen-bond donors (Lipinski definition) is 0. The summed E-state index contributed by atoms with van der Waals surface area (Å²) >= 11 is 6.25. The first-order valence-electron chi connectivity index (χ1n) is 11.0. The standard InChI is InChI=1S/C28H19ClO8/c1-14-10-22-17(13-19(14)29)24(30)26(25(35-22)16-8-9-21(33-2)23(12-16)34-3)37-28(32)18-11-15-6-4-5-7-20(15)36-27(18)31/h4-13H,1-3H3. The quantitative estimate of drug-likeness (QED) is 0.213. The lowest BCUT2D eigenvalue weighted by Gasteiger charge is -2.13. The molecule has 2 aromatic heterocycles. The Labute approximate surface area is 214 Å². The molecule has 8 nitrogen and oxygen atoms in total. The summed E-state index contributed by atoms with van der Waals surface area (Å²) in [5, 5.41) is 0.959. The zero-order valence-corrected chi connectivity index (χ0v) is 20.7. The van der Waals surface area contributed by atoms with Gasteiger partial charge < -0.3 is 23.0 Å².